The van der Waals surface area contributed by atoms with Crippen molar-refractivity contribution in [1.82, 2.24) is 4.98 Å². The molecule has 0 saturated carbocycles. The van der Waals surface area contributed by atoms with Gasteiger partial charge in [0.1, 0.15) is 0 Å². The zero-order valence-electron chi connectivity index (χ0n) is 12.0. The minimum absolute atomic E-state index is 0.197. The van der Waals surface area contributed by atoms with E-state index in [1.54, 1.807) is 6.20 Å². The van der Waals surface area contributed by atoms with Crippen LogP contribution >= 0.6 is 0 Å². The van der Waals surface area contributed by atoms with Crippen LogP contribution in [-0.2, 0) is 0 Å². The molecule has 1 heterocycles. The standard InChI is InChI=1S/C14H24N4O/c1-4-19-12-6-5-8-17-14(12)18(10-11(2)3)9-7-13(15)16/h5-6,8,11H,4,7,9-10H2,1-3H3,(H3,15,16). The Morgan fingerprint density at radius 1 is 1.53 bits per heavy atom. The van der Waals surface area contributed by atoms with Crippen LogP contribution in [0.15, 0.2) is 18.3 Å². The molecule has 0 atom stereocenters. The first-order valence-corrected chi connectivity index (χ1v) is 6.70. The SMILES string of the molecule is CCOc1cccnc1N(CCC(=N)N)CC(C)C. The third kappa shape index (κ3) is 5.16. The highest BCUT2D eigenvalue weighted by Crippen LogP contribution is 2.26. The van der Waals surface area contributed by atoms with E-state index in [1.807, 2.05) is 19.1 Å². The van der Waals surface area contributed by atoms with Crippen LogP contribution in [0.5, 0.6) is 5.75 Å². The van der Waals surface area contributed by atoms with Gasteiger partial charge in [-0.1, -0.05) is 13.8 Å². The Kier molecular flexibility index (Phi) is 6.12. The van der Waals surface area contributed by atoms with Gasteiger partial charge >= 0.3 is 0 Å². The molecule has 0 fully saturated rings. The number of hydrogen-bond acceptors (Lipinski definition) is 4. The number of ether oxygens (including phenoxy) is 1. The molecule has 1 aromatic rings. The van der Waals surface area contributed by atoms with Gasteiger partial charge in [-0.05, 0) is 25.0 Å². The van der Waals surface area contributed by atoms with E-state index in [0.29, 0.717) is 25.5 Å². The van der Waals surface area contributed by atoms with Gasteiger partial charge in [-0.15, -0.1) is 0 Å². The monoisotopic (exact) mass is 264 g/mol. The first kappa shape index (κ1) is 15.3. The first-order valence-electron chi connectivity index (χ1n) is 6.70. The highest BCUT2D eigenvalue weighted by molar-refractivity contribution is 5.77. The maximum atomic E-state index is 7.37. The summed E-state index contributed by atoms with van der Waals surface area (Å²) in [6, 6.07) is 3.79. The molecule has 0 aliphatic rings. The van der Waals surface area contributed by atoms with Crippen molar-refractivity contribution in [3.63, 3.8) is 0 Å². The molecule has 0 aromatic carbocycles. The van der Waals surface area contributed by atoms with Crippen molar-refractivity contribution in [2.75, 3.05) is 24.6 Å². The van der Waals surface area contributed by atoms with Crippen molar-refractivity contribution >= 4 is 11.7 Å². The molecule has 0 unspecified atom stereocenters. The summed E-state index contributed by atoms with van der Waals surface area (Å²) in [6.45, 7) is 8.43. The summed E-state index contributed by atoms with van der Waals surface area (Å²) < 4.78 is 5.62. The van der Waals surface area contributed by atoms with Gasteiger partial charge in [0.15, 0.2) is 11.6 Å². The minimum atomic E-state index is 0.197. The zero-order chi connectivity index (χ0) is 14.3. The van der Waals surface area contributed by atoms with E-state index in [0.717, 1.165) is 18.1 Å². The third-order valence-electron chi connectivity index (χ3n) is 2.59. The fourth-order valence-electron chi connectivity index (χ4n) is 1.87. The molecular weight excluding hydrogens is 240 g/mol. The topological polar surface area (TPSA) is 75.2 Å². The van der Waals surface area contributed by atoms with Crippen molar-refractivity contribution in [2.45, 2.75) is 27.2 Å². The molecule has 0 amide bonds. The van der Waals surface area contributed by atoms with Crippen molar-refractivity contribution < 1.29 is 4.74 Å². The van der Waals surface area contributed by atoms with E-state index in [-0.39, 0.29) is 5.84 Å². The maximum Gasteiger partial charge on any atom is 0.171 e. The molecule has 0 spiro atoms. The van der Waals surface area contributed by atoms with Gasteiger partial charge in [-0.2, -0.15) is 0 Å². The van der Waals surface area contributed by atoms with Crippen LogP contribution in [0, 0.1) is 11.3 Å². The summed E-state index contributed by atoms with van der Waals surface area (Å²) in [5, 5.41) is 7.37. The van der Waals surface area contributed by atoms with E-state index in [4.69, 9.17) is 15.9 Å². The zero-order valence-corrected chi connectivity index (χ0v) is 12.0. The van der Waals surface area contributed by atoms with E-state index < -0.39 is 0 Å². The van der Waals surface area contributed by atoms with Crippen molar-refractivity contribution in [1.29, 1.82) is 5.41 Å². The van der Waals surface area contributed by atoms with Crippen LogP contribution in [0.1, 0.15) is 27.2 Å². The smallest absolute Gasteiger partial charge is 0.171 e. The molecule has 3 N–H and O–H groups in total. The number of nitrogens with one attached hydrogen (secondary N) is 1. The molecule has 0 radical (unpaired) electrons. The second-order valence-corrected chi connectivity index (χ2v) is 4.87. The summed E-state index contributed by atoms with van der Waals surface area (Å²) in [7, 11) is 0. The number of pyridine rings is 1. The average Bonchev–Trinajstić information content (AvgIpc) is 2.35. The maximum absolute atomic E-state index is 7.37. The predicted molar refractivity (Wildman–Crippen MR) is 79.0 cm³/mol. The highest BCUT2D eigenvalue weighted by atomic mass is 16.5. The number of hydrogen-bond donors (Lipinski definition) is 2. The molecule has 0 aliphatic heterocycles. The average molecular weight is 264 g/mol. The molecular formula is C14H24N4O. The number of amidine groups is 1. The Hall–Kier alpha value is -1.78. The largest absolute Gasteiger partial charge is 0.490 e. The molecule has 0 bridgehead atoms. The van der Waals surface area contributed by atoms with Gasteiger partial charge < -0.3 is 15.4 Å². The van der Waals surface area contributed by atoms with Gasteiger partial charge in [-0.3, -0.25) is 5.41 Å². The molecule has 106 valence electrons. The Bertz CT molecular complexity index is 406. The molecule has 19 heavy (non-hydrogen) atoms. The number of aromatic nitrogens is 1. The fraction of sp³-hybridized carbons (Fsp3) is 0.571. The second kappa shape index (κ2) is 7.61. The second-order valence-electron chi connectivity index (χ2n) is 4.87. The number of rotatable bonds is 8. The van der Waals surface area contributed by atoms with E-state index >= 15 is 0 Å². The Morgan fingerprint density at radius 2 is 2.26 bits per heavy atom. The summed E-state index contributed by atoms with van der Waals surface area (Å²) in [6.07, 6.45) is 2.30. The number of nitrogens with zero attached hydrogens (tertiary/aromatic N) is 2. The van der Waals surface area contributed by atoms with Crippen LogP contribution in [0.3, 0.4) is 0 Å². The number of nitrogens with two attached hydrogens (primary N) is 1. The summed E-state index contributed by atoms with van der Waals surface area (Å²) >= 11 is 0. The van der Waals surface area contributed by atoms with Crippen LogP contribution in [0.25, 0.3) is 0 Å². The van der Waals surface area contributed by atoms with E-state index in [1.165, 1.54) is 0 Å². The summed E-state index contributed by atoms with van der Waals surface area (Å²) in [5.74, 6) is 2.32. The van der Waals surface area contributed by atoms with Gasteiger partial charge in [0.25, 0.3) is 0 Å². The quantitative estimate of drug-likeness (QED) is 0.558. The molecule has 0 aliphatic carbocycles. The first-order chi connectivity index (χ1) is 9.04. The third-order valence-corrected chi connectivity index (χ3v) is 2.59. The van der Waals surface area contributed by atoms with Gasteiger partial charge in [0.05, 0.1) is 12.4 Å². The van der Waals surface area contributed by atoms with Crippen molar-refractivity contribution in [2.24, 2.45) is 11.7 Å². The fourth-order valence-corrected chi connectivity index (χ4v) is 1.87. The Morgan fingerprint density at radius 3 is 2.84 bits per heavy atom. The molecule has 5 nitrogen and oxygen atoms in total. The van der Waals surface area contributed by atoms with Crippen LogP contribution in [0.4, 0.5) is 5.82 Å². The van der Waals surface area contributed by atoms with E-state index in [9.17, 15) is 0 Å². The lowest BCUT2D eigenvalue weighted by molar-refractivity contribution is 0.338. The van der Waals surface area contributed by atoms with Gasteiger partial charge in [-0.25, -0.2) is 4.98 Å². The van der Waals surface area contributed by atoms with Crippen LogP contribution < -0.4 is 15.4 Å². The van der Waals surface area contributed by atoms with Crippen LogP contribution in [-0.4, -0.2) is 30.5 Å². The Balaban J connectivity index is 2.91. The van der Waals surface area contributed by atoms with Crippen molar-refractivity contribution in [3.05, 3.63) is 18.3 Å². The molecule has 1 rings (SSSR count). The van der Waals surface area contributed by atoms with Crippen molar-refractivity contribution in [3.8, 4) is 5.75 Å². The Labute approximate surface area is 115 Å². The predicted octanol–water partition coefficient (Wildman–Crippen LogP) is 2.27. The van der Waals surface area contributed by atoms with E-state index in [2.05, 4.69) is 23.7 Å². The molecule has 1 aromatic heterocycles. The highest BCUT2D eigenvalue weighted by Gasteiger charge is 2.15. The van der Waals surface area contributed by atoms with Gasteiger partial charge in [0, 0.05) is 25.7 Å². The minimum Gasteiger partial charge on any atom is -0.490 e. The van der Waals surface area contributed by atoms with Gasteiger partial charge in [0.2, 0.25) is 0 Å². The lowest BCUT2D eigenvalue weighted by Crippen LogP contribution is -2.32. The number of anilines is 1. The normalized spacial score (nSPS) is 10.5. The molecule has 5 heteroatoms. The van der Waals surface area contributed by atoms with Crippen LogP contribution in [0.2, 0.25) is 0 Å². The lowest BCUT2D eigenvalue weighted by Gasteiger charge is -2.27. The lowest BCUT2D eigenvalue weighted by atomic mass is 10.2. The summed E-state index contributed by atoms with van der Waals surface area (Å²) in [4.78, 5) is 6.55. The summed E-state index contributed by atoms with van der Waals surface area (Å²) in [5.41, 5.74) is 5.45. The molecule has 0 saturated heterocycles.